The summed E-state index contributed by atoms with van der Waals surface area (Å²) in [5.41, 5.74) is 0.996. The second-order valence-electron chi connectivity index (χ2n) is 7.44. The van der Waals surface area contributed by atoms with Crippen molar-refractivity contribution in [1.82, 2.24) is 9.21 Å². The number of sulfonamides is 1. The van der Waals surface area contributed by atoms with E-state index in [4.69, 9.17) is 9.84 Å². The molecule has 1 heterocycles. The SMILES string of the molecule is CN(C)S(=O)(=O)c1ccc(NCCO)c(C(=O)OCCCN2C(=O)c3ccccc3C2=O)c1. The highest BCUT2D eigenvalue weighted by Crippen LogP contribution is 2.24. The Morgan fingerprint density at radius 1 is 1.09 bits per heavy atom. The number of esters is 1. The van der Waals surface area contributed by atoms with Gasteiger partial charge in [0.15, 0.2) is 0 Å². The van der Waals surface area contributed by atoms with Crippen molar-refractivity contribution in [3.8, 4) is 0 Å². The standard InChI is InChI=1S/C22H25N3O7S/c1-24(2)33(30,31)15-8-9-19(23-10-12-26)18(14-15)22(29)32-13-5-11-25-20(27)16-6-3-4-7-17(16)21(25)28/h3-4,6-9,14,23,26H,5,10-13H2,1-2H3. The van der Waals surface area contributed by atoms with Crippen molar-refractivity contribution in [1.29, 1.82) is 0 Å². The van der Waals surface area contributed by atoms with Crippen molar-refractivity contribution in [2.45, 2.75) is 11.3 Å². The number of rotatable bonds is 10. The molecule has 2 aromatic rings. The molecule has 3 rings (SSSR count). The number of hydrogen-bond acceptors (Lipinski definition) is 8. The molecule has 0 bridgehead atoms. The van der Waals surface area contributed by atoms with Gasteiger partial charge in [-0.25, -0.2) is 17.5 Å². The van der Waals surface area contributed by atoms with Gasteiger partial charge in [0.05, 0.1) is 34.8 Å². The molecule has 1 aliphatic rings. The average molecular weight is 476 g/mol. The normalized spacial score (nSPS) is 13.4. The largest absolute Gasteiger partial charge is 0.462 e. The van der Waals surface area contributed by atoms with Gasteiger partial charge < -0.3 is 15.2 Å². The van der Waals surface area contributed by atoms with Crippen LogP contribution in [0, 0.1) is 0 Å². The van der Waals surface area contributed by atoms with E-state index in [-0.39, 0.29) is 55.0 Å². The molecule has 0 atom stereocenters. The summed E-state index contributed by atoms with van der Waals surface area (Å²) in [5.74, 6) is -1.55. The van der Waals surface area contributed by atoms with E-state index in [0.717, 1.165) is 9.21 Å². The van der Waals surface area contributed by atoms with E-state index in [1.54, 1.807) is 24.3 Å². The second kappa shape index (κ2) is 10.1. The van der Waals surface area contributed by atoms with Gasteiger partial charge in [0.1, 0.15) is 0 Å². The average Bonchev–Trinajstić information content (AvgIpc) is 3.04. The highest BCUT2D eigenvalue weighted by atomic mass is 32.2. The van der Waals surface area contributed by atoms with Crippen molar-refractivity contribution in [2.24, 2.45) is 0 Å². The lowest BCUT2D eigenvalue weighted by Crippen LogP contribution is -2.31. The van der Waals surface area contributed by atoms with Gasteiger partial charge in [0.2, 0.25) is 10.0 Å². The van der Waals surface area contributed by atoms with Crippen molar-refractivity contribution in [3.05, 3.63) is 59.2 Å². The Labute approximate surface area is 191 Å². The fourth-order valence-electron chi connectivity index (χ4n) is 3.32. The Kier molecular flexibility index (Phi) is 7.46. The molecule has 1 aliphatic heterocycles. The van der Waals surface area contributed by atoms with E-state index in [1.165, 1.54) is 32.3 Å². The molecule has 10 nitrogen and oxygen atoms in total. The van der Waals surface area contributed by atoms with Gasteiger partial charge in [-0.05, 0) is 36.8 Å². The first-order valence-electron chi connectivity index (χ1n) is 10.2. The molecular formula is C22H25N3O7S. The lowest BCUT2D eigenvalue weighted by molar-refractivity contribution is 0.0483. The Balaban J connectivity index is 1.67. The van der Waals surface area contributed by atoms with Gasteiger partial charge in [0, 0.05) is 32.9 Å². The summed E-state index contributed by atoms with van der Waals surface area (Å²) < 4.78 is 31.2. The third-order valence-corrected chi connectivity index (χ3v) is 6.87. The van der Waals surface area contributed by atoms with E-state index in [2.05, 4.69) is 5.32 Å². The van der Waals surface area contributed by atoms with Crippen molar-refractivity contribution in [3.63, 3.8) is 0 Å². The van der Waals surface area contributed by atoms with Crippen LogP contribution in [0.4, 0.5) is 5.69 Å². The summed E-state index contributed by atoms with van der Waals surface area (Å²) >= 11 is 0. The number of amides is 2. The van der Waals surface area contributed by atoms with Crippen LogP contribution in [-0.4, -0.2) is 80.9 Å². The number of carbonyl (C=O) groups is 3. The number of anilines is 1. The minimum absolute atomic E-state index is 0.00731. The van der Waals surface area contributed by atoms with Gasteiger partial charge in [-0.1, -0.05) is 12.1 Å². The number of nitrogens with zero attached hydrogens (tertiary/aromatic N) is 2. The summed E-state index contributed by atoms with van der Waals surface area (Å²) in [6.45, 7) is -0.0487. The monoisotopic (exact) mass is 475 g/mol. The molecule has 0 saturated carbocycles. The fraction of sp³-hybridized carbons (Fsp3) is 0.318. The molecule has 33 heavy (non-hydrogen) atoms. The Bertz CT molecular complexity index is 1140. The second-order valence-corrected chi connectivity index (χ2v) is 9.59. The molecule has 2 N–H and O–H groups in total. The minimum atomic E-state index is -3.78. The van der Waals surface area contributed by atoms with Crippen LogP contribution in [-0.2, 0) is 14.8 Å². The summed E-state index contributed by atoms with van der Waals surface area (Å²) in [6.07, 6.45) is 0.215. The van der Waals surface area contributed by atoms with E-state index in [9.17, 15) is 22.8 Å². The molecule has 176 valence electrons. The number of nitrogens with one attached hydrogen (secondary N) is 1. The van der Waals surface area contributed by atoms with E-state index in [0.29, 0.717) is 16.8 Å². The molecule has 0 saturated heterocycles. The van der Waals surface area contributed by atoms with Crippen LogP contribution in [0.2, 0.25) is 0 Å². The molecule has 11 heteroatoms. The van der Waals surface area contributed by atoms with Crippen LogP contribution < -0.4 is 5.32 Å². The lowest BCUT2D eigenvalue weighted by Gasteiger charge is -2.16. The smallest absolute Gasteiger partial charge is 0.340 e. The quantitative estimate of drug-likeness (QED) is 0.297. The third kappa shape index (κ3) is 5.05. The van der Waals surface area contributed by atoms with Crippen LogP contribution in [0.3, 0.4) is 0 Å². The van der Waals surface area contributed by atoms with Crippen LogP contribution in [0.1, 0.15) is 37.5 Å². The summed E-state index contributed by atoms with van der Waals surface area (Å²) in [7, 11) is -1.02. The highest BCUT2D eigenvalue weighted by Gasteiger charge is 2.34. The number of hydrogen-bond donors (Lipinski definition) is 2. The number of carbonyl (C=O) groups excluding carboxylic acids is 3. The van der Waals surface area contributed by atoms with Gasteiger partial charge in [0.25, 0.3) is 11.8 Å². The van der Waals surface area contributed by atoms with Gasteiger partial charge in [-0.3, -0.25) is 14.5 Å². The molecule has 0 aliphatic carbocycles. The van der Waals surface area contributed by atoms with Crippen LogP contribution in [0.5, 0.6) is 0 Å². The zero-order chi connectivity index (χ0) is 24.2. The van der Waals surface area contributed by atoms with Crippen LogP contribution >= 0.6 is 0 Å². The van der Waals surface area contributed by atoms with Crippen molar-refractivity contribution < 1.29 is 32.6 Å². The van der Waals surface area contributed by atoms with Crippen LogP contribution in [0.15, 0.2) is 47.4 Å². The maximum Gasteiger partial charge on any atom is 0.340 e. The van der Waals surface area contributed by atoms with Gasteiger partial charge >= 0.3 is 5.97 Å². The predicted octanol–water partition coefficient (Wildman–Crippen LogP) is 1.18. The first-order valence-corrected chi connectivity index (χ1v) is 11.7. The first kappa shape index (κ1) is 24.4. The maximum absolute atomic E-state index is 12.7. The molecule has 0 fully saturated rings. The molecule has 0 spiro atoms. The van der Waals surface area contributed by atoms with E-state index >= 15 is 0 Å². The summed E-state index contributed by atoms with van der Waals surface area (Å²) in [6, 6.07) is 10.5. The Hall–Kier alpha value is -3.28. The first-order chi connectivity index (χ1) is 15.7. The molecule has 2 aromatic carbocycles. The highest BCUT2D eigenvalue weighted by molar-refractivity contribution is 7.89. The van der Waals surface area contributed by atoms with Gasteiger partial charge in [-0.2, -0.15) is 0 Å². The van der Waals surface area contributed by atoms with E-state index < -0.39 is 16.0 Å². The number of aliphatic hydroxyl groups excluding tert-OH is 1. The molecule has 0 aromatic heterocycles. The van der Waals surface area contributed by atoms with Crippen molar-refractivity contribution in [2.75, 3.05) is 45.7 Å². The third-order valence-electron chi connectivity index (χ3n) is 5.05. The number of fused-ring (bicyclic) bond motifs is 1. The van der Waals surface area contributed by atoms with Crippen LogP contribution in [0.25, 0.3) is 0 Å². The molecule has 0 unspecified atom stereocenters. The summed E-state index contributed by atoms with van der Waals surface area (Å²) in [4.78, 5) is 38.5. The molecule has 0 radical (unpaired) electrons. The Morgan fingerprint density at radius 3 is 2.30 bits per heavy atom. The fourth-order valence-corrected chi connectivity index (χ4v) is 4.24. The molecular weight excluding hydrogens is 450 g/mol. The Morgan fingerprint density at radius 2 is 1.73 bits per heavy atom. The predicted molar refractivity (Wildman–Crippen MR) is 120 cm³/mol. The number of ether oxygens (including phenoxy) is 1. The minimum Gasteiger partial charge on any atom is -0.462 e. The zero-order valence-corrected chi connectivity index (χ0v) is 19.1. The topological polar surface area (TPSA) is 133 Å². The van der Waals surface area contributed by atoms with E-state index in [1.807, 2.05) is 0 Å². The number of imide groups is 1. The van der Waals surface area contributed by atoms with Gasteiger partial charge in [-0.15, -0.1) is 0 Å². The zero-order valence-electron chi connectivity index (χ0n) is 18.3. The number of benzene rings is 2. The van der Waals surface area contributed by atoms with Crippen molar-refractivity contribution >= 4 is 33.5 Å². The maximum atomic E-state index is 12.7. The summed E-state index contributed by atoms with van der Waals surface area (Å²) in [5, 5.41) is 11.9. The lowest BCUT2D eigenvalue weighted by atomic mass is 10.1. The molecule has 2 amide bonds. The number of aliphatic hydroxyl groups is 1.